The molecule has 1 atom stereocenters. The van der Waals surface area contributed by atoms with Crippen LogP contribution in [-0.2, 0) is 6.54 Å². The van der Waals surface area contributed by atoms with Gasteiger partial charge in [-0.15, -0.1) is 0 Å². The Hall–Kier alpha value is -3.08. The predicted molar refractivity (Wildman–Crippen MR) is 118 cm³/mol. The number of nitrogens with zero attached hydrogens (tertiary/aromatic N) is 2. The van der Waals surface area contributed by atoms with Gasteiger partial charge in [0.05, 0.1) is 18.3 Å². The normalized spacial score (nSPS) is 18.0. The Morgan fingerprint density at radius 1 is 1.14 bits per heavy atom. The van der Waals surface area contributed by atoms with Gasteiger partial charge in [0.25, 0.3) is 0 Å². The van der Waals surface area contributed by atoms with Gasteiger partial charge in [-0.2, -0.15) is 0 Å². The fourth-order valence-electron chi connectivity index (χ4n) is 3.88. The molecule has 2 aromatic carbocycles. The van der Waals surface area contributed by atoms with Crippen LogP contribution in [0.1, 0.15) is 44.5 Å². The largest absolute Gasteiger partial charge is 0.487 e. The summed E-state index contributed by atoms with van der Waals surface area (Å²) in [6.45, 7) is 7.65. The fourth-order valence-corrected chi connectivity index (χ4v) is 3.88. The Morgan fingerprint density at radius 3 is 2.79 bits per heavy atom. The summed E-state index contributed by atoms with van der Waals surface area (Å²) in [5.41, 5.74) is 1.91. The molecule has 150 valence electrons. The summed E-state index contributed by atoms with van der Waals surface area (Å²) < 4.78 is 6.16. The van der Waals surface area contributed by atoms with E-state index in [1.165, 1.54) is 10.9 Å². The second-order valence-electron chi connectivity index (χ2n) is 7.97. The molecule has 1 unspecified atom stereocenters. The Balaban J connectivity index is 1.59. The second-order valence-corrected chi connectivity index (χ2v) is 7.97. The average molecular weight is 389 g/mol. The van der Waals surface area contributed by atoms with Gasteiger partial charge in [-0.25, -0.2) is 4.99 Å². The first-order valence-electron chi connectivity index (χ1n) is 10.2. The van der Waals surface area contributed by atoms with E-state index in [9.17, 15) is 0 Å². The van der Waals surface area contributed by atoms with E-state index < -0.39 is 0 Å². The molecule has 1 aromatic heterocycles. The van der Waals surface area contributed by atoms with Crippen LogP contribution >= 0.6 is 0 Å². The third-order valence-corrected chi connectivity index (χ3v) is 5.17. The highest BCUT2D eigenvalue weighted by molar-refractivity contribution is 5.85. The van der Waals surface area contributed by atoms with Gasteiger partial charge in [0.15, 0.2) is 5.96 Å². The lowest BCUT2D eigenvalue weighted by Gasteiger charge is -2.38. The molecule has 3 aromatic rings. The van der Waals surface area contributed by atoms with E-state index in [0.29, 0.717) is 6.54 Å². The standard InChI is InChI=1S/C24H28N4O/c1-4-25-23(27-16-21-18-10-6-5-9-17(18)13-14-26-21)28-20-15-24(2,3)29-22-12-8-7-11-19(20)22/h5-14,20H,4,15-16H2,1-3H3,(H2,25,27,28). The van der Waals surface area contributed by atoms with Crippen LogP contribution < -0.4 is 15.4 Å². The topological polar surface area (TPSA) is 58.5 Å². The van der Waals surface area contributed by atoms with Gasteiger partial charge in [0, 0.05) is 30.1 Å². The molecular formula is C24H28N4O. The first-order valence-corrected chi connectivity index (χ1v) is 10.2. The van der Waals surface area contributed by atoms with E-state index in [4.69, 9.17) is 9.73 Å². The summed E-state index contributed by atoms with van der Waals surface area (Å²) in [4.78, 5) is 9.40. The van der Waals surface area contributed by atoms with Crippen molar-refractivity contribution in [1.29, 1.82) is 0 Å². The molecule has 0 fully saturated rings. The molecule has 29 heavy (non-hydrogen) atoms. The Morgan fingerprint density at radius 2 is 1.93 bits per heavy atom. The number of benzene rings is 2. The van der Waals surface area contributed by atoms with Crippen molar-refractivity contribution >= 4 is 16.7 Å². The van der Waals surface area contributed by atoms with Crippen molar-refractivity contribution < 1.29 is 4.74 Å². The number of hydrogen-bond donors (Lipinski definition) is 2. The number of ether oxygens (including phenoxy) is 1. The van der Waals surface area contributed by atoms with Gasteiger partial charge in [-0.3, -0.25) is 4.98 Å². The molecule has 0 radical (unpaired) electrons. The minimum atomic E-state index is -0.236. The van der Waals surface area contributed by atoms with Crippen molar-refractivity contribution in [3.05, 3.63) is 72.1 Å². The molecule has 5 nitrogen and oxygen atoms in total. The molecule has 5 heteroatoms. The minimum absolute atomic E-state index is 0.133. The van der Waals surface area contributed by atoms with Crippen LogP contribution in [0, 0.1) is 0 Å². The van der Waals surface area contributed by atoms with E-state index in [2.05, 4.69) is 60.7 Å². The molecule has 1 aliphatic rings. The van der Waals surface area contributed by atoms with Gasteiger partial charge in [-0.05, 0) is 38.3 Å². The summed E-state index contributed by atoms with van der Waals surface area (Å²) in [5, 5.41) is 9.33. The third-order valence-electron chi connectivity index (χ3n) is 5.17. The zero-order valence-corrected chi connectivity index (χ0v) is 17.3. The molecule has 2 heterocycles. The quantitative estimate of drug-likeness (QED) is 0.507. The van der Waals surface area contributed by atoms with Crippen molar-refractivity contribution in [1.82, 2.24) is 15.6 Å². The van der Waals surface area contributed by atoms with Crippen molar-refractivity contribution in [3.8, 4) is 5.75 Å². The van der Waals surface area contributed by atoms with E-state index >= 15 is 0 Å². The molecule has 0 saturated carbocycles. The van der Waals surface area contributed by atoms with E-state index in [0.717, 1.165) is 35.8 Å². The van der Waals surface area contributed by atoms with Crippen LogP contribution in [0.15, 0.2) is 65.8 Å². The Bertz CT molecular complexity index is 1020. The maximum absolute atomic E-state index is 6.16. The number of para-hydroxylation sites is 1. The van der Waals surface area contributed by atoms with Crippen molar-refractivity contribution in [2.24, 2.45) is 4.99 Å². The molecular weight excluding hydrogens is 360 g/mol. The van der Waals surface area contributed by atoms with Crippen LogP contribution in [0.5, 0.6) is 5.75 Å². The van der Waals surface area contributed by atoms with E-state index in [1.807, 2.05) is 36.5 Å². The van der Waals surface area contributed by atoms with Crippen molar-refractivity contribution in [2.45, 2.75) is 45.4 Å². The third kappa shape index (κ3) is 4.34. The molecule has 0 amide bonds. The van der Waals surface area contributed by atoms with Crippen LogP contribution in [0.25, 0.3) is 10.8 Å². The number of guanidine groups is 1. The van der Waals surface area contributed by atoms with Crippen molar-refractivity contribution in [2.75, 3.05) is 6.54 Å². The first kappa shape index (κ1) is 19.2. The minimum Gasteiger partial charge on any atom is -0.487 e. The number of fused-ring (bicyclic) bond motifs is 2. The van der Waals surface area contributed by atoms with Gasteiger partial charge in [0.2, 0.25) is 0 Å². The average Bonchev–Trinajstić information content (AvgIpc) is 2.71. The van der Waals surface area contributed by atoms with E-state index in [1.54, 1.807) is 0 Å². The molecule has 0 saturated heterocycles. The van der Waals surface area contributed by atoms with Crippen LogP contribution in [0.4, 0.5) is 0 Å². The van der Waals surface area contributed by atoms with Crippen LogP contribution in [0.2, 0.25) is 0 Å². The molecule has 2 N–H and O–H groups in total. The summed E-state index contributed by atoms with van der Waals surface area (Å²) >= 11 is 0. The van der Waals surface area contributed by atoms with Gasteiger partial charge < -0.3 is 15.4 Å². The Kier molecular flexibility index (Phi) is 5.38. The maximum Gasteiger partial charge on any atom is 0.192 e. The number of rotatable bonds is 4. The van der Waals surface area contributed by atoms with Gasteiger partial charge in [0.1, 0.15) is 11.4 Å². The number of nitrogens with one attached hydrogen (secondary N) is 2. The monoisotopic (exact) mass is 388 g/mol. The SMILES string of the molecule is CCNC(=NCc1nccc2ccccc12)NC1CC(C)(C)Oc2ccccc21. The number of aliphatic imine (C=N–C) groups is 1. The summed E-state index contributed by atoms with van der Waals surface area (Å²) in [5.74, 6) is 1.73. The highest BCUT2D eigenvalue weighted by atomic mass is 16.5. The first-order chi connectivity index (χ1) is 14.1. The lowest BCUT2D eigenvalue weighted by molar-refractivity contribution is 0.0694. The summed E-state index contributed by atoms with van der Waals surface area (Å²) in [6.07, 6.45) is 2.71. The lowest BCUT2D eigenvalue weighted by Crippen LogP contribution is -2.45. The number of hydrogen-bond acceptors (Lipinski definition) is 3. The predicted octanol–water partition coefficient (Wildman–Crippen LogP) is 4.59. The smallest absolute Gasteiger partial charge is 0.192 e. The van der Waals surface area contributed by atoms with Gasteiger partial charge in [-0.1, -0.05) is 42.5 Å². The highest BCUT2D eigenvalue weighted by Crippen LogP contribution is 2.39. The second kappa shape index (κ2) is 8.11. The van der Waals surface area contributed by atoms with E-state index in [-0.39, 0.29) is 11.6 Å². The number of aromatic nitrogens is 1. The molecule has 0 spiro atoms. The van der Waals surface area contributed by atoms with Crippen LogP contribution in [0.3, 0.4) is 0 Å². The maximum atomic E-state index is 6.16. The molecule has 1 aliphatic heterocycles. The van der Waals surface area contributed by atoms with Crippen LogP contribution in [-0.4, -0.2) is 23.1 Å². The number of pyridine rings is 1. The molecule has 4 rings (SSSR count). The summed E-state index contributed by atoms with van der Waals surface area (Å²) in [7, 11) is 0. The zero-order valence-electron chi connectivity index (χ0n) is 17.3. The molecule has 0 bridgehead atoms. The molecule has 0 aliphatic carbocycles. The summed E-state index contributed by atoms with van der Waals surface area (Å²) in [6, 6.07) is 18.7. The zero-order chi connectivity index (χ0) is 20.3. The van der Waals surface area contributed by atoms with Crippen molar-refractivity contribution in [3.63, 3.8) is 0 Å². The Labute approximate surface area is 172 Å². The van der Waals surface area contributed by atoms with Gasteiger partial charge >= 0.3 is 0 Å². The lowest BCUT2D eigenvalue weighted by atomic mass is 9.90. The highest BCUT2D eigenvalue weighted by Gasteiger charge is 2.33. The fraction of sp³-hybridized carbons (Fsp3) is 0.333.